The molecule has 1 aromatic carbocycles. The Hall–Kier alpha value is -3.31. The Balaban J connectivity index is 1.38. The van der Waals surface area contributed by atoms with Crippen LogP contribution in [0.5, 0.6) is 0 Å². The normalized spacial score (nSPS) is 13.8. The summed E-state index contributed by atoms with van der Waals surface area (Å²) in [5.41, 5.74) is 0.713. The molecule has 0 unspecified atom stereocenters. The number of anilines is 3. The highest BCUT2D eigenvalue weighted by molar-refractivity contribution is 6.32. The number of aromatic nitrogens is 4. The highest BCUT2D eigenvalue weighted by Crippen LogP contribution is 2.22. The van der Waals surface area contributed by atoms with E-state index in [1.165, 1.54) is 23.0 Å². The van der Waals surface area contributed by atoms with E-state index < -0.39 is 11.6 Å². The molecule has 9 nitrogen and oxygen atoms in total. The third-order valence-corrected chi connectivity index (χ3v) is 5.05. The minimum Gasteiger partial charge on any atom is -0.378 e. The van der Waals surface area contributed by atoms with Crippen LogP contribution in [-0.4, -0.2) is 56.9 Å². The summed E-state index contributed by atoms with van der Waals surface area (Å²) in [6, 6.07) is 3.94. The van der Waals surface area contributed by atoms with Gasteiger partial charge in [-0.2, -0.15) is 10.1 Å². The van der Waals surface area contributed by atoms with Gasteiger partial charge < -0.3 is 20.3 Å². The number of benzene rings is 1. The summed E-state index contributed by atoms with van der Waals surface area (Å²) in [7, 11) is 0. The topological polar surface area (TPSA) is 97.2 Å². The second-order valence-corrected chi connectivity index (χ2v) is 7.41. The Labute approximate surface area is 187 Å². The van der Waals surface area contributed by atoms with Gasteiger partial charge in [0.15, 0.2) is 17.5 Å². The third kappa shape index (κ3) is 5.29. The lowest BCUT2D eigenvalue weighted by Gasteiger charge is -2.26. The van der Waals surface area contributed by atoms with Crippen LogP contribution in [0.15, 0.2) is 36.8 Å². The Morgan fingerprint density at radius 3 is 2.84 bits per heavy atom. The van der Waals surface area contributed by atoms with Crippen LogP contribution in [0.4, 0.5) is 26.2 Å². The zero-order valence-electron chi connectivity index (χ0n) is 16.9. The standard InChI is InChI=1S/C20H20ClF2N7O2/c21-15-10-25-20(28-19(15)24-8-13-2-1-3-16(22)18(13)23)27-14-9-26-30(11-14)12-17(31)29-4-6-32-7-5-29/h1-3,9-11H,4-8,12H2,(H2,24,25,27,28). The van der Waals surface area contributed by atoms with Crippen LogP contribution in [0.3, 0.4) is 0 Å². The van der Waals surface area contributed by atoms with Crippen molar-refractivity contribution in [2.45, 2.75) is 13.1 Å². The van der Waals surface area contributed by atoms with Gasteiger partial charge in [-0.3, -0.25) is 9.48 Å². The predicted octanol–water partition coefficient (Wildman–Crippen LogP) is 2.82. The van der Waals surface area contributed by atoms with Crippen LogP contribution in [0, 0.1) is 11.6 Å². The molecule has 0 atom stereocenters. The highest BCUT2D eigenvalue weighted by Gasteiger charge is 2.17. The summed E-state index contributed by atoms with van der Waals surface area (Å²) in [6.45, 7) is 2.30. The molecule has 0 aliphatic carbocycles. The molecule has 0 radical (unpaired) electrons. The molecular formula is C20H20ClF2N7O2. The minimum absolute atomic E-state index is 0.0125. The smallest absolute Gasteiger partial charge is 0.244 e. The van der Waals surface area contributed by atoms with E-state index in [0.29, 0.717) is 32.0 Å². The molecule has 0 bridgehead atoms. The quantitative estimate of drug-likeness (QED) is 0.556. The lowest BCUT2D eigenvalue weighted by molar-refractivity contribution is -0.136. The van der Waals surface area contributed by atoms with E-state index in [2.05, 4.69) is 25.7 Å². The molecule has 1 fully saturated rings. The van der Waals surface area contributed by atoms with E-state index in [1.54, 1.807) is 17.3 Å². The maximum absolute atomic E-state index is 13.8. The number of amides is 1. The van der Waals surface area contributed by atoms with Gasteiger partial charge in [0.2, 0.25) is 11.9 Å². The molecule has 0 spiro atoms. The number of nitrogens with one attached hydrogen (secondary N) is 2. The number of hydrogen-bond acceptors (Lipinski definition) is 7. The van der Waals surface area contributed by atoms with Gasteiger partial charge in [-0.25, -0.2) is 13.8 Å². The second kappa shape index (κ2) is 9.88. The lowest BCUT2D eigenvalue weighted by atomic mass is 10.2. The van der Waals surface area contributed by atoms with Crippen LogP contribution in [0.1, 0.15) is 5.56 Å². The number of ether oxygens (including phenoxy) is 1. The summed E-state index contributed by atoms with van der Waals surface area (Å²) in [5, 5.41) is 10.3. The molecule has 2 N–H and O–H groups in total. The van der Waals surface area contributed by atoms with Crippen molar-refractivity contribution < 1.29 is 18.3 Å². The maximum Gasteiger partial charge on any atom is 0.244 e. The first-order chi connectivity index (χ1) is 15.5. The molecule has 1 saturated heterocycles. The van der Waals surface area contributed by atoms with Crippen molar-refractivity contribution in [2.75, 3.05) is 36.9 Å². The van der Waals surface area contributed by atoms with Crippen molar-refractivity contribution >= 4 is 35.0 Å². The van der Waals surface area contributed by atoms with Crippen molar-refractivity contribution in [3.63, 3.8) is 0 Å². The van der Waals surface area contributed by atoms with Crippen molar-refractivity contribution in [3.8, 4) is 0 Å². The van der Waals surface area contributed by atoms with Crippen LogP contribution >= 0.6 is 11.6 Å². The monoisotopic (exact) mass is 463 g/mol. The van der Waals surface area contributed by atoms with E-state index >= 15 is 0 Å². The first-order valence-electron chi connectivity index (χ1n) is 9.84. The van der Waals surface area contributed by atoms with E-state index in [4.69, 9.17) is 16.3 Å². The van der Waals surface area contributed by atoms with E-state index in [0.717, 1.165) is 6.07 Å². The van der Waals surface area contributed by atoms with E-state index in [-0.39, 0.29) is 41.3 Å². The lowest BCUT2D eigenvalue weighted by Crippen LogP contribution is -2.42. The zero-order valence-corrected chi connectivity index (χ0v) is 17.6. The summed E-state index contributed by atoms with van der Waals surface area (Å²) in [4.78, 5) is 22.5. The summed E-state index contributed by atoms with van der Waals surface area (Å²) in [6.07, 6.45) is 4.58. The number of carbonyl (C=O) groups excluding carboxylic acids is 1. The highest BCUT2D eigenvalue weighted by atomic mass is 35.5. The molecule has 3 heterocycles. The number of halogens is 3. The van der Waals surface area contributed by atoms with Crippen LogP contribution in [0.25, 0.3) is 0 Å². The van der Waals surface area contributed by atoms with Crippen molar-refractivity contribution in [2.24, 2.45) is 0 Å². The van der Waals surface area contributed by atoms with Crippen LogP contribution < -0.4 is 10.6 Å². The predicted molar refractivity (Wildman–Crippen MR) is 114 cm³/mol. The molecule has 0 saturated carbocycles. The summed E-state index contributed by atoms with van der Waals surface area (Å²) < 4.78 is 34.0. The molecule has 4 rings (SSSR count). The van der Waals surface area contributed by atoms with Gasteiger partial charge in [0.05, 0.1) is 31.3 Å². The fraction of sp³-hybridized carbons (Fsp3) is 0.300. The van der Waals surface area contributed by atoms with Gasteiger partial charge in [0.25, 0.3) is 0 Å². The van der Waals surface area contributed by atoms with Gasteiger partial charge in [0, 0.05) is 31.4 Å². The minimum atomic E-state index is -0.928. The molecule has 32 heavy (non-hydrogen) atoms. The van der Waals surface area contributed by atoms with Crippen LogP contribution in [-0.2, 0) is 22.6 Å². The Kier molecular flexibility index (Phi) is 6.76. The first kappa shape index (κ1) is 21.9. The van der Waals surface area contributed by atoms with Crippen LogP contribution in [0.2, 0.25) is 5.02 Å². The molecular weight excluding hydrogens is 444 g/mol. The molecule has 1 aliphatic heterocycles. The fourth-order valence-electron chi connectivity index (χ4n) is 3.11. The number of rotatable bonds is 7. The average molecular weight is 464 g/mol. The maximum atomic E-state index is 13.8. The number of carbonyl (C=O) groups is 1. The van der Waals surface area contributed by atoms with Crippen molar-refractivity contribution in [1.29, 1.82) is 0 Å². The zero-order chi connectivity index (χ0) is 22.5. The van der Waals surface area contributed by atoms with Gasteiger partial charge in [-0.15, -0.1) is 0 Å². The molecule has 168 valence electrons. The molecule has 1 amide bonds. The average Bonchev–Trinajstić information content (AvgIpc) is 3.23. The fourth-order valence-corrected chi connectivity index (χ4v) is 3.27. The number of morpholine rings is 1. The van der Waals surface area contributed by atoms with Crippen molar-refractivity contribution in [1.82, 2.24) is 24.6 Å². The SMILES string of the molecule is O=C(Cn1cc(Nc2ncc(Cl)c(NCc3cccc(F)c3F)n2)cn1)N1CCOCC1. The summed E-state index contributed by atoms with van der Waals surface area (Å²) in [5.74, 6) is -1.42. The number of hydrogen-bond donors (Lipinski definition) is 2. The summed E-state index contributed by atoms with van der Waals surface area (Å²) >= 11 is 6.12. The Bertz CT molecular complexity index is 1110. The molecule has 12 heteroatoms. The number of nitrogens with zero attached hydrogens (tertiary/aromatic N) is 5. The van der Waals surface area contributed by atoms with Crippen molar-refractivity contribution in [3.05, 3.63) is 59.0 Å². The molecule has 2 aromatic heterocycles. The van der Waals surface area contributed by atoms with E-state index in [9.17, 15) is 13.6 Å². The van der Waals surface area contributed by atoms with Gasteiger partial charge >= 0.3 is 0 Å². The van der Waals surface area contributed by atoms with Gasteiger partial charge in [0.1, 0.15) is 11.6 Å². The van der Waals surface area contributed by atoms with Gasteiger partial charge in [-0.05, 0) is 6.07 Å². The Morgan fingerprint density at radius 2 is 2.03 bits per heavy atom. The molecule has 1 aliphatic rings. The second-order valence-electron chi connectivity index (χ2n) is 7.00. The Morgan fingerprint density at radius 1 is 1.22 bits per heavy atom. The third-order valence-electron chi connectivity index (χ3n) is 4.77. The first-order valence-corrected chi connectivity index (χ1v) is 10.2. The molecule has 3 aromatic rings. The van der Waals surface area contributed by atoms with Gasteiger partial charge in [-0.1, -0.05) is 23.7 Å². The largest absolute Gasteiger partial charge is 0.378 e. The van der Waals surface area contributed by atoms with E-state index in [1.807, 2.05) is 0 Å².